The van der Waals surface area contributed by atoms with E-state index in [-0.39, 0.29) is 24.3 Å². The van der Waals surface area contributed by atoms with Crippen LogP contribution in [0.15, 0.2) is 60.2 Å². The zero-order chi connectivity index (χ0) is 23.1. The fraction of sp³-hybridized carbons (Fsp3) is 0.320. The van der Waals surface area contributed by atoms with E-state index in [0.29, 0.717) is 42.7 Å². The predicted molar refractivity (Wildman–Crippen MR) is 119 cm³/mol. The minimum Gasteiger partial charge on any atom is -0.507 e. The number of ketones is 1. The Bertz CT molecular complexity index is 997. The van der Waals surface area contributed by atoms with Crippen molar-refractivity contribution in [3.05, 3.63) is 71.3 Å². The first-order valence-corrected chi connectivity index (χ1v) is 10.7. The third kappa shape index (κ3) is 5.17. The number of hydrogen-bond donors (Lipinski definition) is 2. The number of ether oxygens (including phenoxy) is 1. The van der Waals surface area contributed by atoms with Crippen LogP contribution in [0.1, 0.15) is 49.8 Å². The van der Waals surface area contributed by atoms with Gasteiger partial charge >= 0.3 is 5.97 Å². The maximum atomic E-state index is 13.0. The van der Waals surface area contributed by atoms with E-state index in [1.165, 1.54) is 4.90 Å². The lowest BCUT2D eigenvalue weighted by Gasteiger charge is -2.25. The fourth-order valence-corrected chi connectivity index (χ4v) is 3.86. The molecule has 2 N–H and O–H groups in total. The molecule has 1 saturated heterocycles. The molecular formula is C25H27NO6. The Balaban J connectivity index is 1.95. The Kier molecular flexibility index (Phi) is 7.65. The monoisotopic (exact) mass is 437 g/mol. The summed E-state index contributed by atoms with van der Waals surface area (Å²) in [6, 6.07) is 15.1. The minimum atomic E-state index is -0.859. The van der Waals surface area contributed by atoms with Crippen molar-refractivity contribution in [2.24, 2.45) is 0 Å². The van der Waals surface area contributed by atoms with E-state index >= 15 is 0 Å². The maximum Gasteiger partial charge on any atom is 0.303 e. The van der Waals surface area contributed by atoms with Gasteiger partial charge in [-0.2, -0.15) is 0 Å². The van der Waals surface area contributed by atoms with Crippen LogP contribution in [0.25, 0.3) is 5.76 Å². The quantitative estimate of drug-likeness (QED) is 0.250. The first kappa shape index (κ1) is 23.1. The average molecular weight is 437 g/mol. The lowest BCUT2D eigenvalue weighted by molar-refractivity contribution is -0.140. The van der Waals surface area contributed by atoms with Crippen LogP contribution in [0.2, 0.25) is 0 Å². The summed E-state index contributed by atoms with van der Waals surface area (Å²) < 4.78 is 5.49. The molecule has 1 aliphatic heterocycles. The molecule has 0 saturated carbocycles. The Hall–Kier alpha value is -3.61. The number of Topliss-reactive ketones (excluding diaryl/α,β-unsaturated/α-hetero) is 1. The van der Waals surface area contributed by atoms with Gasteiger partial charge in [-0.15, -0.1) is 0 Å². The molecule has 2 aromatic carbocycles. The van der Waals surface area contributed by atoms with E-state index in [2.05, 4.69) is 0 Å². The zero-order valence-corrected chi connectivity index (χ0v) is 18.0. The zero-order valence-electron chi connectivity index (χ0n) is 18.0. The van der Waals surface area contributed by atoms with Gasteiger partial charge in [0.1, 0.15) is 11.5 Å². The molecule has 1 fully saturated rings. The van der Waals surface area contributed by atoms with Crippen molar-refractivity contribution in [1.82, 2.24) is 4.90 Å². The number of aliphatic hydroxyl groups is 1. The first-order chi connectivity index (χ1) is 15.4. The molecule has 0 unspecified atom stereocenters. The molecule has 1 heterocycles. The molecule has 3 rings (SSSR count). The standard InChI is InChI=1S/C25H27NO6/c1-2-32-19-14-12-17(13-15-19)22-21(23(29)18-9-5-3-6-10-18)24(30)25(31)26(22)16-8-4-7-11-20(27)28/h3,5-6,9-10,12-15,22,29H,2,4,7-8,11,16H2,1H3,(H,27,28)/t22-/m1/s1. The van der Waals surface area contributed by atoms with E-state index in [1.807, 2.05) is 6.92 Å². The van der Waals surface area contributed by atoms with Gasteiger partial charge in [-0.1, -0.05) is 48.9 Å². The smallest absolute Gasteiger partial charge is 0.303 e. The number of aliphatic carboxylic acids is 1. The largest absolute Gasteiger partial charge is 0.507 e. The van der Waals surface area contributed by atoms with Crippen molar-refractivity contribution >= 4 is 23.4 Å². The Morgan fingerprint density at radius 3 is 2.28 bits per heavy atom. The molecule has 0 bridgehead atoms. The van der Waals surface area contributed by atoms with Crippen LogP contribution in [0.3, 0.4) is 0 Å². The predicted octanol–water partition coefficient (Wildman–Crippen LogP) is 4.15. The Labute approximate surface area is 186 Å². The molecule has 2 aromatic rings. The van der Waals surface area contributed by atoms with Crippen molar-refractivity contribution in [3.8, 4) is 5.75 Å². The van der Waals surface area contributed by atoms with E-state index < -0.39 is 23.7 Å². The second kappa shape index (κ2) is 10.6. The third-order valence-electron chi connectivity index (χ3n) is 5.38. The number of carbonyl (C=O) groups excluding carboxylic acids is 2. The highest BCUT2D eigenvalue weighted by Crippen LogP contribution is 2.40. The molecule has 1 amide bonds. The van der Waals surface area contributed by atoms with Crippen molar-refractivity contribution in [3.63, 3.8) is 0 Å². The van der Waals surface area contributed by atoms with Gasteiger partial charge in [0.2, 0.25) is 0 Å². The highest BCUT2D eigenvalue weighted by molar-refractivity contribution is 6.46. The number of likely N-dealkylation sites (tertiary alicyclic amines) is 1. The summed E-state index contributed by atoms with van der Waals surface area (Å²) >= 11 is 0. The molecule has 32 heavy (non-hydrogen) atoms. The molecule has 0 aliphatic carbocycles. The lowest BCUT2D eigenvalue weighted by Crippen LogP contribution is -2.30. The van der Waals surface area contributed by atoms with Crippen molar-refractivity contribution in [1.29, 1.82) is 0 Å². The summed E-state index contributed by atoms with van der Waals surface area (Å²) in [4.78, 5) is 38.0. The molecule has 7 nitrogen and oxygen atoms in total. The highest BCUT2D eigenvalue weighted by Gasteiger charge is 2.45. The van der Waals surface area contributed by atoms with E-state index in [9.17, 15) is 19.5 Å². The van der Waals surface area contributed by atoms with Crippen molar-refractivity contribution < 1.29 is 29.3 Å². The third-order valence-corrected chi connectivity index (χ3v) is 5.38. The van der Waals surface area contributed by atoms with Crippen LogP contribution >= 0.6 is 0 Å². The van der Waals surface area contributed by atoms with E-state index in [4.69, 9.17) is 9.84 Å². The summed E-state index contributed by atoms with van der Waals surface area (Å²) in [7, 11) is 0. The number of benzene rings is 2. The summed E-state index contributed by atoms with van der Waals surface area (Å²) in [5.74, 6) is -1.79. The number of hydrogen-bond acceptors (Lipinski definition) is 5. The number of carboxylic acids is 1. The van der Waals surface area contributed by atoms with Gasteiger partial charge in [-0.05, 0) is 37.5 Å². The van der Waals surface area contributed by atoms with Gasteiger partial charge in [0.15, 0.2) is 0 Å². The second-order valence-electron chi connectivity index (χ2n) is 7.56. The number of unbranched alkanes of at least 4 members (excludes halogenated alkanes) is 2. The lowest BCUT2D eigenvalue weighted by atomic mass is 9.95. The van der Waals surface area contributed by atoms with Crippen LogP contribution in [0, 0.1) is 0 Å². The normalized spacial score (nSPS) is 17.5. The molecule has 1 aliphatic rings. The van der Waals surface area contributed by atoms with Crippen LogP contribution in [-0.2, 0) is 14.4 Å². The van der Waals surface area contributed by atoms with Gasteiger partial charge < -0.3 is 19.8 Å². The number of nitrogens with zero attached hydrogens (tertiary/aromatic N) is 1. The van der Waals surface area contributed by atoms with Gasteiger partial charge in [-0.25, -0.2) is 0 Å². The topological polar surface area (TPSA) is 104 Å². The van der Waals surface area contributed by atoms with Crippen LogP contribution in [-0.4, -0.2) is 45.9 Å². The molecular weight excluding hydrogens is 410 g/mol. The van der Waals surface area contributed by atoms with Crippen LogP contribution in [0.4, 0.5) is 0 Å². The van der Waals surface area contributed by atoms with Crippen LogP contribution < -0.4 is 4.74 Å². The summed E-state index contributed by atoms with van der Waals surface area (Å²) in [6.45, 7) is 2.68. The SMILES string of the molecule is CCOc1ccc([C@@H]2C(=C(O)c3ccccc3)C(=O)C(=O)N2CCCCCC(=O)O)cc1. The van der Waals surface area contributed by atoms with E-state index in [1.54, 1.807) is 54.6 Å². The van der Waals surface area contributed by atoms with Crippen LogP contribution in [0.5, 0.6) is 5.75 Å². The number of amides is 1. The number of carbonyl (C=O) groups is 3. The summed E-state index contributed by atoms with van der Waals surface area (Å²) in [5.41, 5.74) is 1.20. The van der Waals surface area contributed by atoms with Crippen molar-refractivity contribution in [2.75, 3.05) is 13.2 Å². The Morgan fingerprint density at radius 1 is 0.969 bits per heavy atom. The molecule has 7 heteroatoms. The molecule has 1 atom stereocenters. The van der Waals surface area contributed by atoms with Crippen molar-refractivity contribution in [2.45, 2.75) is 38.6 Å². The number of rotatable bonds is 10. The fourth-order valence-electron chi connectivity index (χ4n) is 3.86. The summed E-state index contributed by atoms with van der Waals surface area (Å²) in [6.07, 6.45) is 1.73. The van der Waals surface area contributed by atoms with E-state index in [0.717, 1.165) is 0 Å². The number of carboxylic acid groups (broad SMARTS) is 1. The minimum absolute atomic E-state index is 0.0518. The van der Waals surface area contributed by atoms with Gasteiger partial charge in [-0.3, -0.25) is 14.4 Å². The Morgan fingerprint density at radius 2 is 1.66 bits per heavy atom. The summed E-state index contributed by atoms with van der Waals surface area (Å²) in [5, 5.41) is 19.8. The maximum absolute atomic E-state index is 13.0. The molecule has 0 radical (unpaired) electrons. The molecule has 0 spiro atoms. The van der Waals surface area contributed by atoms with Gasteiger partial charge in [0, 0.05) is 18.5 Å². The molecule has 0 aromatic heterocycles. The molecule has 168 valence electrons. The van der Waals surface area contributed by atoms with Gasteiger partial charge in [0.05, 0.1) is 18.2 Å². The number of aliphatic hydroxyl groups excluding tert-OH is 1. The second-order valence-corrected chi connectivity index (χ2v) is 7.56. The highest BCUT2D eigenvalue weighted by atomic mass is 16.5. The average Bonchev–Trinajstić information content (AvgIpc) is 3.04. The first-order valence-electron chi connectivity index (χ1n) is 10.7. The van der Waals surface area contributed by atoms with Gasteiger partial charge in [0.25, 0.3) is 11.7 Å².